The van der Waals surface area contributed by atoms with Gasteiger partial charge in [-0.2, -0.15) is 0 Å². The molecular weight excluding hydrogens is 352 g/mol. The van der Waals surface area contributed by atoms with Crippen molar-refractivity contribution in [1.29, 1.82) is 0 Å². The first-order valence-electron chi connectivity index (χ1n) is 8.33. The lowest BCUT2D eigenvalue weighted by atomic mass is 10.1. The number of amides is 2. The minimum absolute atomic E-state index is 0.0698. The summed E-state index contributed by atoms with van der Waals surface area (Å²) >= 11 is 6.14. The number of carbonyl (C=O) groups is 3. The van der Waals surface area contributed by atoms with Crippen LogP contribution >= 0.6 is 11.6 Å². The number of nitrogens with one attached hydrogen (secondary N) is 1. The summed E-state index contributed by atoms with van der Waals surface area (Å²) in [5, 5.41) is 3.38. The summed E-state index contributed by atoms with van der Waals surface area (Å²) < 4.78 is 0. The van der Waals surface area contributed by atoms with Crippen molar-refractivity contribution in [2.75, 3.05) is 16.8 Å². The maximum atomic E-state index is 12.5. The van der Waals surface area contributed by atoms with Crippen LogP contribution in [0.25, 0.3) is 0 Å². The summed E-state index contributed by atoms with van der Waals surface area (Å²) in [7, 11) is 0. The number of benzene rings is 2. The molecule has 26 heavy (non-hydrogen) atoms. The zero-order valence-corrected chi connectivity index (χ0v) is 15.3. The second-order valence-electron chi connectivity index (χ2n) is 6.47. The van der Waals surface area contributed by atoms with Crippen LogP contribution in [0.4, 0.5) is 11.4 Å². The van der Waals surface area contributed by atoms with Crippen LogP contribution in [0, 0.1) is 12.8 Å². The zero-order valence-electron chi connectivity index (χ0n) is 14.6. The molecule has 2 aromatic rings. The highest BCUT2D eigenvalue weighted by Gasteiger charge is 2.35. The molecule has 2 aromatic carbocycles. The van der Waals surface area contributed by atoms with Crippen molar-refractivity contribution in [3.05, 3.63) is 58.6 Å². The quantitative estimate of drug-likeness (QED) is 0.831. The number of aryl methyl sites for hydroxylation is 1. The first kappa shape index (κ1) is 18.1. The SMILES string of the molecule is CC(=O)c1cccc(NC(=O)[C@H]2CC(=O)N(c3ccc(C)c(Cl)c3)C2)c1. The van der Waals surface area contributed by atoms with E-state index in [4.69, 9.17) is 11.6 Å². The Bertz CT molecular complexity index is 894. The molecule has 1 aliphatic heterocycles. The summed E-state index contributed by atoms with van der Waals surface area (Å²) in [6, 6.07) is 12.2. The Morgan fingerprint density at radius 1 is 1.19 bits per heavy atom. The van der Waals surface area contributed by atoms with Crippen molar-refractivity contribution in [2.45, 2.75) is 20.3 Å². The fourth-order valence-corrected chi connectivity index (χ4v) is 3.12. The van der Waals surface area contributed by atoms with Crippen LogP contribution in [0.2, 0.25) is 5.02 Å². The number of halogens is 1. The van der Waals surface area contributed by atoms with Gasteiger partial charge in [0.15, 0.2) is 5.78 Å². The van der Waals surface area contributed by atoms with Gasteiger partial charge in [0.2, 0.25) is 11.8 Å². The molecule has 1 aliphatic rings. The van der Waals surface area contributed by atoms with Gasteiger partial charge in [-0.15, -0.1) is 0 Å². The third kappa shape index (κ3) is 3.78. The number of carbonyl (C=O) groups excluding carboxylic acids is 3. The van der Waals surface area contributed by atoms with Crippen LogP contribution in [0.3, 0.4) is 0 Å². The Kier molecular flexibility index (Phi) is 5.09. The van der Waals surface area contributed by atoms with Crippen molar-refractivity contribution < 1.29 is 14.4 Å². The second-order valence-corrected chi connectivity index (χ2v) is 6.87. The Labute approximate surface area is 156 Å². The molecule has 0 saturated carbocycles. The zero-order chi connectivity index (χ0) is 18.8. The Hall–Kier alpha value is -2.66. The molecule has 1 heterocycles. The first-order valence-corrected chi connectivity index (χ1v) is 8.71. The predicted molar refractivity (Wildman–Crippen MR) is 102 cm³/mol. The van der Waals surface area contributed by atoms with Crippen LogP contribution in [0.15, 0.2) is 42.5 Å². The second kappa shape index (κ2) is 7.30. The van der Waals surface area contributed by atoms with Gasteiger partial charge in [-0.1, -0.05) is 29.8 Å². The largest absolute Gasteiger partial charge is 0.326 e. The topological polar surface area (TPSA) is 66.5 Å². The van der Waals surface area contributed by atoms with E-state index in [0.29, 0.717) is 28.5 Å². The van der Waals surface area contributed by atoms with Gasteiger partial charge in [-0.05, 0) is 43.7 Å². The van der Waals surface area contributed by atoms with Gasteiger partial charge in [0, 0.05) is 34.9 Å². The third-order valence-electron chi connectivity index (χ3n) is 4.50. The molecule has 2 amide bonds. The van der Waals surface area contributed by atoms with E-state index in [1.165, 1.54) is 6.92 Å². The Morgan fingerprint density at radius 2 is 1.96 bits per heavy atom. The summed E-state index contributed by atoms with van der Waals surface area (Å²) in [5.74, 6) is -0.870. The van der Waals surface area contributed by atoms with E-state index in [1.807, 2.05) is 19.1 Å². The van der Waals surface area contributed by atoms with Gasteiger partial charge in [-0.3, -0.25) is 14.4 Å². The van der Waals surface area contributed by atoms with E-state index in [2.05, 4.69) is 5.32 Å². The number of nitrogens with zero attached hydrogens (tertiary/aromatic N) is 1. The maximum absolute atomic E-state index is 12.5. The molecule has 1 fully saturated rings. The third-order valence-corrected chi connectivity index (χ3v) is 4.91. The predicted octanol–water partition coefficient (Wildman–Crippen LogP) is 3.84. The highest BCUT2D eigenvalue weighted by atomic mass is 35.5. The van der Waals surface area contributed by atoms with Gasteiger partial charge in [0.25, 0.3) is 0 Å². The molecule has 0 bridgehead atoms. The molecule has 0 unspecified atom stereocenters. The van der Waals surface area contributed by atoms with Gasteiger partial charge in [0.1, 0.15) is 0 Å². The van der Waals surface area contributed by atoms with Gasteiger partial charge >= 0.3 is 0 Å². The molecule has 5 nitrogen and oxygen atoms in total. The monoisotopic (exact) mass is 370 g/mol. The molecular formula is C20H19ClN2O3. The minimum Gasteiger partial charge on any atom is -0.326 e. The highest BCUT2D eigenvalue weighted by Crippen LogP contribution is 2.29. The maximum Gasteiger partial charge on any atom is 0.229 e. The normalized spacial score (nSPS) is 16.7. The Morgan fingerprint density at radius 3 is 2.65 bits per heavy atom. The average molecular weight is 371 g/mol. The number of rotatable bonds is 4. The molecule has 0 aromatic heterocycles. The lowest BCUT2D eigenvalue weighted by Crippen LogP contribution is -2.28. The average Bonchev–Trinajstić information content (AvgIpc) is 2.99. The molecule has 3 rings (SSSR count). The number of ketones is 1. The molecule has 0 aliphatic carbocycles. The molecule has 6 heteroatoms. The summed E-state index contributed by atoms with van der Waals surface area (Å²) in [4.78, 5) is 37.9. The van der Waals surface area contributed by atoms with Crippen molar-refractivity contribution in [2.24, 2.45) is 5.92 Å². The van der Waals surface area contributed by atoms with Crippen LogP contribution in [-0.4, -0.2) is 24.1 Å². The van der Waals surface area contributed by atoms with E-state index in [1.54, 1.807) is 35.2 Å². The highest BCUT2D eigenvalue weighted by molar-refractivity contribution is 6.31. The summed E-state index contributed by atoms with van der Waals surface area (Å²) in [6.07, 6.45) is 0.143. The van der Waals surface area contributed by atoms with Crippen molar-refractivity contribution in [3.63, 3.8) is 0 Å². The minimum atomic E-state index is -0.455. The molecule has 1 atom stereocenters. The van der Waals surface area contributed by atoms with Crippen LogP contribution in [-0.2, 0) is 9.59 Å². The van der Waals surface area contributed by atoms with Crippen molar-refractivity contribution in [1.82, 2.24) is 0 Å². The van der Waals surface area contributed by atoms with Crippen LogP contribution in [0.1, 0.15) is 29.3 Å². The fraction of sp³-hybridized carbons (Fsp3) is 0.250. The molecule has 1 N–H and O–H groups in total. The Balaban J connectivity index is 1.71. The molecule has 0 radical (unpaired) electrons. The smallest absolute Gasteiger partial charge is 0.229 e. The van der Waals surface area contributed by atoms with E-state index in [0.717, 1.165) is 5.56 Å². The molecule has 0 spiro atoms. The van der Waals surface area contributed by atoms with E-state index in [9.17, 15) is 14.4 Å². The first-order chi connectivity index (χ1) is 12.3. The number of hydrogen-bond acceptors (Lipinski definition) is 3. The lowest BCUT2D eigenvalue weighted by Gasteiger charge is -2.17. The number of Topliss-reactive ketones (excluding diaryl/α,β-unsaturated/α-hetero) is 1. The summed E-state index contributed by atoms with van der Waals surface area (Å²) in [6.45, 7) is 3.67. The standard InChI is InChI=1S/C20H19ClN2O3/c1-12-6-7-17(10-18(12)21)23-11-15(9-19(23)25)20(26)22-16-5-3-4-14(8-16)13(2)24/h3-8,10,15H,9,11H2,1-2H3,(H,22,26)/t15-/m0/s1. The fourth-order valence-electron chi connectivity index (χ4n) is 2.94. The van der Waals surface area contributed by atoms with E-state index in [-0.39, 0.29) is 24.0 Å². The van der Waals surface area contributed by atoms with E-state index >= 15 is 0 Å². The van der Waals surface area contributed by atoms with Crippen LogP contribution < -0.4 is 10.2 Å². The van der Waals surface area contributed by atoms with Gasteiger partial charge in [-0.25, -0.2) is 0 Å². The number of hydrogen-bond donors (Lipinski definition) is 1. The lowest BCUT2D eigenvalue weighted by molar-refractivity contribution is -0.122. The van der Waals surface area contributed by atoms with Gasteiger partial charge < -0.3 is 10.2 Å². The van der Waals surface area contributed by atoms with Crippen molar-refractivity contribution in [3.8, 4) is 0 Å². The van der Waals surface area contributed by atoms with E-state index < -0.39 is 5.92 Å². The van der Waals surface area contributed by atoms with Gasteiger partial charge in [0.05, 0.1) is 5.92 Å². The van der Waals surface area contributed by atoms with Crippen LogP contribution in [0.5, 0.6) is 0 Å². The molecule has 1 saturated heterocycles. The number of anilines is 2. The van der Waals surface area contributed by atoms with Crippen molar-refractivity contribution >= 4 is 40.6 Å². The summed E-state index contributed by atoms with van der Waals surface area (Å²) in [5.41, 5.74) is 2.70. The molecule has 134 valence electrons.